The first-order chi connectivity index (χ1) is 23.9. The van der Waals surface area contributed by atoms with Gasteiger partial charge >= 0.3 is 11.9 Å². The van der Waals surface area contributed by atoms with Crippen molar-refractivity contribution in [2.24, 2.45) is 11.8 Å². The summed E-state index contributed by atoms with van der Waals surface area (Å²) in [6.45, 7) is -0.610. The van der Waals surface area contributed by atoms with Gasteiger partial charge in [0.2, 0.25) is 17.6 Å². The van der Waals surface area contributed by atoms with Gasteiger partial charge in [0.1, 0.15) is 11.8 Å². The second kappa shape index (κ2) is 12.2. The van der Waals surface area contributed by atoms with Gasteiger partial charge in [0.25, 0.3) is 0 Å². The maximum atomic E-state index is 14.4. The van der Waals surface area contributed by atoms with Gasteiger partial charge in [0, 0.05) is 23.8 Å². The third-order valence-electron chi connectivity index (χ3n) is 9.79. The number of rotatable bonds is 9. The van der Waals surface area contributed by atoms with E-state index >= 15 is 0 Å². The predicted molar refractivity (Wildman–Crippen MR) is 175 cm³/mol. The summed E-state index contributed by atoms with van der Waals surface area (Å²) in [7, 11) is 0. The van der Waals surface area contributed by atoms with E-state index in [-0.39, 0.29) is 35.3 Å². The van der Waals surface area contributed by atoms with E-state index in [1.807, 2.05) is 78.9 Å². The molecule has 1 aliphatic heterocycles. The number of likely N-dealkylation sites (tertiary alicyclic amines) is 1. The van der Waals surface area contributed by atoms with E-state index in [2.05, 4.69) is 0 Å². The molecule has 2 heterocycles. The molecule has 9 rings (SSSR count). The lowest BCUT2D eigenvalue weighted by Crippen LogP contribution is -2.48. The lowest BCUT2D eigenvalue weighted by atomic mass is 9.55. The summed E-state index contributed by atoms with van der Waals surface area (Å²) < 4.78 is 15.9. The van der Waals surface area contributed by atoms with E-state index in [4.69, 9.17) is 13.9 Å². The molecule has 5 aromatic rings. The largest absolute Gasteiger partial charge is 0.457 e. The van der Waals surface area contributed by atoms with Crippen molar-refractivity contribution in [2.45, 2.75) is 24.3 Å². The summed E-state index contributed by atoms with van der Waals surface area (Å²) in [6, 6.07) is 32.6. The average molecular weight is 652 g/mol. The molecule has 3 unspecified atom stereocenters. The molecule has 242 valence electrons. The molecular weight excluding hydrogens is 622 g/mol. The molecule has 1 aromatic heterocycles. The molecule has 3 atom stereocenters. The van der Waals surface area contributed by atoms with Gasteiger partial charge < -0.3 is 13.9 Å². The fraction of sp³-hybridized carbons (Fsp3) is 0.175. The summed E-state index contributed by atoms with van der Waals surface area (Å²) in [5.74, 6) is -4.57. The van der Waals surface area contributed by atoms with Crippen LogP contribution in [0.2, 0.25) is 0 Å². The standard InChI is InChI=1S/C40H29NO8/c42-31(24-16-18-25(19-17-24)49-40(46)32-15-8-20-47-32)22-48-39(45)30(21-23-9-2-1-3-10-23)41-37(43)35-33-26-11-4-5-12-27(26)34(36(35)38(41)44)29-14-7-6-13-28(29)33/h1-20,30,33-36H,21-22H2. The van der Waals surface area contributed by atoms with Gasteiger partial charge in [-0.05, 0) is 64.2 Å². The lowest BCUT2D eigenvalue weighted by Gasteiger charge is -2.45. The first-order valence-electron chi connectivity index (χ1n) is 16.0. The van der Waals surface area contributed by atoms with Crippen molar-refractivity contribution >= 4 is 29.5 Å². The number of hydrogen-bond donors (Lipinski definition) is 0. The Morgan fingerprint density at radius 3 is 1.76 bits per heavy atom. The Morgan fingerprint density at radius 1 is 0.673 bits per heavy atom. The minimum atomic E-state index is -1.27. The van der Waals surface area contributed by atoms with Crippen molar-refractivity contribution in [3.8, 4) is 5.75 Å². The van der Waals surface area contributed by atoms with Crippen LogP contribution in [0.15, 0.2) is 126 Å². The molecule has 3 aliphatic carbocycles. The zero-order valence-electron chi connectivity index (χ0n) is 26.1. The van der Waals surface area contributed by atoms with Crippen LogP contribution in [0.25, 0.3) is 0 Å². The molecule has 4 aliphatic rings. The highest BCUT2D eigenvalue weighted by atomic mass is 16.5. The number of benzene rings is 4. The summed E-state index contributed by atoms with van der Waals surface area (Å²) in [4.78, 5) is 69.1. The molecule has 2 bridgehead atoms. The molecule has 4 aromatic carbocycles. The zero-order valence-corrected chi connectivity index (χ0v) is 26.1. The van der Waals surface area contributed by atoms with Crippen LogP contribution in [-0.4, -0.2) is 47.1 Å². The highest BCUT2D eigenvalue weighted by molar-refractivity contribution is 6.10. The quantitative estimate of drug-likeness (QED) is 0.0858. The normalized spacial score (nSPS) is 20.6. The van der Waals surface area contributed by atoms with E-state index in [0.717, 1.165) is 32.7 Å². The third kappa shape index (κ3) is 5.14. The first-order valence-corrected chi connectivity index (χ1v) is 16.0. The van der Waals surface area contributed by atoms with Gasteiger partial charge in [-0.15, -0.1) is 0 Å². The van der Waals surface area contributed by atoms with Crippen molar-refractivity contribution in [3.63, 3.8) is 0 Å². The Kier molecular flexibility index (Phi) is 7.52. The fourth-order valence-electron chi connectivity index (χ4n) is 7.70. The molecule has 0 radical (unpaired) electrons. The molecule has 1 fully saturated rings. The van der Waals surface area contributed by atoms with Crippen LogP contribution in [-0.2, 0) is 25.5 Å². The van der Waals surface area contributed by atoms with Crippen LogP contribution in [0, 0.1) is 11.8 Å². The Labute approximate surface area is 281 Å². The Hall–Kier alpha value is -6.09. The Morgan fingerprint density at radius 2 is 1.22 bits per heavy atom. The highest BCUT2D eigenvalue weighted by Gasteiger charge is 2.63. The highest BCUT2D eigenvalue weighted by Crippen LogP contribution is 2.61. The summed E-state index contributed by atoms with van der Waals surface area (Å²) >= 11 is 0. The van der Waals surface area contributed by atoms with E-state index in [1.165, 1.54) is 36.6 Å². The van der Waals surface area contributed by atoms with E-state index < -0.39 is 54.0 Å². The van der Waals surface area contributed by atoms with Crippen molar-refractivity contribution < 1.29 is 37.9 Å². The van der Waals surface area contributed by atoms with Crippen LogP contribution in [0.4, 0.5) is 0 Å². The fourth-order valence-corrected chi connectivity index (χ4v) is 7.70. The van der Waals surface area contributed by atoms with Crippen LogP contribution >= 0.6 is 0 Å². The number of ketones is 1. The average Bonchev–Trinajstić information content (AvgIpc) is 3.77. The Bertz CT molecular complexity index is 1990. The number of esters is 2. The second-order valence-electron chi connectivity index (χ2n) is 12.4. The van der Waals surface area contributed by atoms with Gasteiger partial charge in [0.15, 0.2) is 12.4 Å². The lowest BCUT2D eigenvalue weighted by molar-refractivity contribution is -0.158. The first kappa shape index (κ1) is 30.3. The summed E-state index contributed by atoms with van der Waals surface area (Å²) in [5, 5.41) is 0. The SMILES string of the molecule is O=C(COC(=O)C(Cc1ccccc1)N1C(=O)C2C3c4ccccc4C(c4ccccc43)C2C1=O)c1ccc(OC(=O)c2ccco2)cc1. The van der Waals surface area contributed by atoms with E-state index in [1.54, 1.807) is 6.07 Å². The molecule has 49 heavy (non-hydrogen) atoms. The molecule has 2 amide bonds. The molecule has 0 saturated carbocycles. The predicted octanol–water partition coefficient (Wildman–Crippen LogP) is 5.73. The minimum Gasteiger partial charge on any atom is -0.457 e. The monoisotopic (exact) mass is 651 g/mol. The minimum absolute atomic E-state index is 0.0352. The third-order valence-corrected chi connectivity index (χ3v) is 9.79. The number of imide groups is 1. The number of Topliss-reactive ketones (excluding diaryl/α,β-unsaturated/α-hetero) is 1. The smallest absolute Gasteiger partial charge is 0.379 e. The van der Waals surface area contributed by atoms with Gasteiger partial charge in [-0.25, -0.2) is 9.59 Å². The Balaban J connectivity index is 1.04. The van der Waals surface area contributed by atoms with Gasteiger partial charge in [-0.2, -0.15) is 0 Å². The van der Waals surface area contributed by atoms with Crippen LogP contribution < -0.4 is 4.74 Å². The van der Waals surface area contributed by atoms with Crippen LogP contribution in [0.5, 0.6) is 5.75 Å². The van der Waals surface area contributed by atoms with Crippen molar-refractivity contribution in [3.05, 3.63) is 161 Å². The number of nitrogens with zero attached hydrogens (tertiary/aromatic N) is 1. The molecular formula is C40H29NO8. The van der Waals surface area contributed by atoms with Crippen molar-refractivity contribution in [1.82, 2.24) is 4.90 Å². The van der Waals surface area contributed by atoms with Crippen molar-refractivity contribution in [1.29, 1.82) is 0 Å². The molecule has 9 heteroatoms. The molecule has 9 nitrogen and oxygen atoms in total. The number of amides is 2. The maximum Gasteiger partial charge on any atom is 0.379 e. The number of carbonyl (C=O) groups is 5. The number of hydrogen-bond acceptors (Lipinski definition) is 8. The van der Waals surface area contributed by atoms with Gasteiger partial charge in [0.05, 0.1) is 18.1 Å². The zero-order chi connectivity index (χ0) is 33.6. The van der Waals surface area contributed by atoms with Crippen molar-refractivity contribution in [2.75, 3.05) is 6.61 Å². The molecule has 1 saturated heterocycles. The van der Waals surface area contributed by atoms with Crippen LogP contribution in [0.3, 0.4) is 0 Å². The number of ether oxygens (including phenoxy) is 2. The molecule has 0 spiro atoms. The second-order valence-corrected chi connectivity index (χ2v) is 12.4. The summed E-state index contributed by atoms with van der Waals surface area (Å²) in [6.07, 6.45) is 1.39. The summed E-state index contributed by atoms with van der Waals surface area (Å²) in [5.41, 5.74) is 5.09. The van der Waals surface area contributed by atoms with E-state index in [0.29, 0.717) is 0 Å². The topological polar surface area (TPSA) is 120 Å². The van der Waals surface area contributed by atoms with E-state index in [9.17, 15) is 24.0 Å². The van der Waals surface area contributed by atoms with Gasteiger partial charge in [-0.1, -0.05) is 78.9 Å². The van der Waals surface area contributed by atoms with Crippen LogP contribution in [0.1, 0.15) is 60.6 Å². The van der Waals surface area contributed by atoms with Gasteiger partial charge in [-0.3, -0.25) is 19.3 Å². The number of carbonyl (C=O) groups excluding carboxylic acids is 5. The molecule has 0 N–H and O–H groups in total. The number of furan rings is 1. The maximum absolute atomic E-state index is 14.4.